The van der Waals surface area contributed by atoms with Gasteiger partial charge in [-0.15, -0.1) is 0 Å². The van der Waals surface area contributed by atoms with Crippen LogP contribution in [0.1, 0.15) is 51.5 Å². The maximum Gasteiger partial charge on any atom is 0.0583 e. The topological polar surface area (TPSA) is 20.2 Å². The Morgan fingerprint density at radius 2 is 2.06 bits per heavy atom. The van der Waals surface area contributed by atoms with Crippen LogP contribution in [0.25, 0.3) is 0 Å². The second-order valence-electron chi connectivity index (χ2n) is 5.14. The molecule has 1 rings (SSSR count). The Kier molecular flexibility index (Phi) is 7.60. The van der Waals surface area contributed by atoms with Crippen LogP contribution in [0.3, 0.4) is 0 Å². The number of halogens is 1. The van der Waals surface area contributed by atoms with Crippen LogP contribution in [0.4, 0.5) is 0 Å². The Bertz CT molecular complexity index is 338. The van der Waals surface area contributed by atoms with Crippen molar-refractivity contribution in [1.29, 1.82) is 0 Å². The van der Waals surface area contributed by atoms with E-state index in [9.17, 15) is 5.11 Å². The molecule has 0 bridgehead atoms. The summed E-state index contributed by atoms with van der Waals surface area (Å²) in [6.07, 6.45) is 6.45. The van der Waals surface area contributed by atoms with Crippen molar-refractivity contribution in [2.24, 2.45) is 5.92 Å². The molecule has 0 aliphatic rings. The highest BCUT2D eigenvalue weighted by molar-refractivity contribution is 9.10. The van der Waals surface area contributed by atoms with Gasteiger partial charge in [0.25, 0.3) is 0 Å². The van der Waals surface area contributed by atoms with Crippen LogP contribution in [-0.4, -0.2) is 11.2 Å². The lowest BCUT2D eigenvalue weighted by Crippen LogP contribution is -2.16. The molecule has 0 amide bonds. The predicted molar refractivity (Wildman–Crippen MR) is 81.8 cm³/mol. The molecule has 0 spiro atoms. The molecule has 0 saturated heterocycles. The lowest BCUT2D eigenvalue weighted by molar-refractivity contribution is 0.137. The number of aliphatic hydroxyl groups is 1. The summed E-state index contributed by atoms with van der Waals surface area (Å²) in [6.45, 7) is 4.46. The Labute approximate surface area is 120 Å². The third-order valence-electron chi connectivity index (χ3n) is 3.51. The van der Waals surface area contributed by atoms with Crippen molar-refractivity contribution in [2.75, 3.05) is 0 Å². The Morgan fingerprint density at radius 1 is 1.28 bits per heavy atom. The van der Waals surface area contributed by atoms with E-state index in [1.54, 1.807) is 0 Å². The van der Waals surface area contributed by atoms with Crippen molar-refractivity contribution < 1.29 is 5.11 Å². The first-order valence-electron chi connectivity index (χ1n) is 7.08. The Hall–Kier alpha value is -0.340. The molecule has 1 nitrogen and oxygen atoms in total. The van der Waals surface area contributed by atoms with Gasteiger partial charge in [0.2, 0.25) is 0 Å². The van der Waals surface area contributed by atoms with Gasteiger partial charge in [-0.1, -0.05) is 67.6 Å². The number of rotatable bonds is 8. The fourth-order valence-electron chi connectivity index (χ4n) is 2.39. The molecule has 18 heavy (non-hydrogen) atoms. The van der Waals surface area contributed by atoms with Gasteiger partial charge in [0.15, 0.2) is 0 Å². The van der Waals surface area contributed by atoms with E-state index in [-0.39, 0.29) is 6.10 Å². The molecule has 0 saturated carbocycles. The van der Waals surface area contributed by atoms with Crippen molar-refractivity contribution in [1.82, 2.24) is 0 Å². The Balaban J connectivity index is 2.42. The quantitative estimate of drug-likeness (QED) is 0.719. The number of hydrogen-bond donors (Lipinski definition) is 1. The number of hydrogen-bond acceptors (Lipinski definition) is 1. The van der Waals surface area contributed by atoms with Gasteiger partial charge in [0, 0.05) is 4.47 Å². The maximum absolute atomic E-state index is 10.2. The largest absolute Gasteiger partial charge is 0.393 e. The molecular weight excluding hydrogens is 288 g/mol. The van der Waals surface area contributed by atoms with E-state index in [1.165, 1.54) is 31.2 Å². The van der Waals surface area contributed by atoms with E-state index in [0.717, 1.165) is 17.3 Å². The summed E-state index contributed by atoms with van der Waals surface area (Å²) in [5, 5.41) is 10.2. The van der Waals surface area contributed by atoms with Gasteiger partial charge in [-0.25, -0.2) is 0 Å². The minimum absolute atomic E-state index is 0.207. The minimum atomic E-state index is -0.207. The van der Waals surface area contributed by atoms with Crippen LogP contribution in [0.2, 0.25) is 0 Å². The van der Waals surface area contributed by atoms with E-state index in [0.29, 0.717) is 5.92 Å². The smallest absolute Gasteiger partial charge is 0.0583 e. The van der Waals surface area contributed by atoms with E-state index in [4.69, 9.17) is 0 Å². The normalized spacial score (nSPS) is 14.4. The zero-order valence-corrected chi connectivity index (χ0v) is 13.1. The number of benzene rings is 1. The highest BCUT2D eigenvalue weighted by Gasteiger charge is 2.13. The van der Waals surface area contributed by atoms with Crippen LogP contribution in [0.5, 0.6) is 0 Å². The summed E-state index contributed by atoms with van der Waals surface area (Å²) in [6, 6.07) is 8.23. The van der Waals surface area contributed by atoms with Crippen molar-refractivity contribution in [3.63, 3.8) is 0 Å². The molecule has 0 aliphatic carbocycles. The van der Waals surface area contributed by atoms with Gasteiger partial charge in [-0.05, 0) is 36.5 Å². The zero-order valence-electron chi connectivity index (χ0n) is 11.5. The number of aliphatic hydroxyl groups excluding tert-OH is 1. The summed E-state index contributed by atoms with van der Waals surface area (Å²) in [4.78, 5) is 0. The van der Waals surface area contributed by atoms with Crippen LogP contribution in [-0.2, 0) is 6.42 Å². The molecule has 102 valence electrons. The first-order valence-corrected chi connectivity index (χ1v) is 7.87. The molecule has 1 aromatic rings. The van der Waals surface area contributed by atoms with Crippen molar-refractivity contribution in [3.8, 4) is 0 Å². The highest BCUT2D eigenvalue weighted by atomic mass is 79.9. The highest BCUT2D eigenvalue weighted by Crippen LogP contribution is 2.21. The average molecular weight is 313 g/mol. The molecule has 2 heteroatoms. The van der Waals surface area contributed by atoms with Crippen molar-refractivity contribution in [3.05, 3.63) is 34.3 Å². The third-order valence-corrected chi connectivity index (χ3v) is 4.00. The van der Waals surface area contributed by atoms with Crippen LogP contribution < -0.4 is 0 Å². The van der Waals surface area contributed by atoms with Crippen molar-refractivity contribution >= 4 is 15.9 Å². The fraction of sp³-hybridized carbons (Fsp3) is 0.625. The molecule has 0 fully saturated rings. The minimum Gasteiger partial charge on any atom is -0.393 e. The molecule has 0 aromatic heterocycles. The van der Waals surface area contributed by atoms with Crippen LogP contribution in [0.15, 0.2) is 28.7 Å². The van der Waals surface area contributed by atoms with Gasteiger partial charge in [-0.3, -0.25) is 0 Å². The second-order valence-corrected chi connectivity index (χ2v) is 6.06. The average Bonchev–Trinajstić information content (AvgIpc) is 2.34. The number of unbranched alkanes of at least 4 members (excludes halogenated alkanes) is 1. The monoisotopic (exact) mass is 312 g/mol. The zero-order chi connectivity index (χ0) is 13.4. The molecule has 0 heterocycles. The first-order chi connectivity index (χ1) is 8.65. The van der Waals surface area contributed by atoms with Gasteiger partial charge in [0.1, 0.15) is 0 Å². The molecular formula is C16H25BrO. The lowest BCUT2D eigenvalue weighted by atomic mass is 9.91. The van der Waals surface area contributed by atoms with Gasteiger partial charge < -0.3 is 5.11 Å². The second kappa shape index (κ2) is 8.71. The van der Waals surface area contributed by atoms with Gasteiger partial charge in [0.05, 0.1) is 6.10 Å². The molecule has 1 N–H and O–H groups in total. The van der Waals surface area contributed by atoms with Crippen LogP contribution >= 0.6 is 15.9 Å². The summed E-state index contributed by atoms with van der Waals surface area (Å²) < 4.78 is 1.09. The summed E-state index contributed by atoms with van der Waals surface area (Å²) >= 11 is 3.47. The lowest BCUT2D eigenvalue weighted by Gasteiger charge is -2.19. The molecule has 0 radical (unpaired) electrons. The maximum atomic E-state index is 10.2. The molecule has 2 unspecified atom stereocenters. The predicted octanol–water partition coefficient (Wildman–Crippen LogP) is 4.96. The van der Waals surface area contributed by atoms with E-state index >= 15 is 0 Å². The van der Waals surface area contributed by atoms with Gasteiger partial charge in [-0.2, -0.15) is 0 Å². The SMILES string of the molecule is CCCCC(CC)CC(O)Cc1cccc(Br)c1. The van der Waals surface area contributed by atoms with Gasteiger partial charge >= 0.3 is 0 Å². The standard InChI is InChI=1S/C16H25BrO/c1-3-5-7-13(4-2)11-16(18)12-14-8-6-9-15(17)10-14/h6,8-10,13,16,18H,3-5,7,11-12H2,1-2H3. The van der Waals surface area contributed by atoms with Crippen LogP contribution in [0, 0.1) is 5.92 Å². The van der Waals surface area contributed by atoms with E-state index in [1.807, 2.05) is 12.1 Å². The third kappa shape index (κ3) is 6.01. The van der Waals surface area contributed by atoms with E-state index in [2.05, 4.69) is 41.9 Å². The summed E-state index contributed by atoms with van der Waals surface area (Å²) in [5.41, 5.74) is 1.21. The van der Waals surface area contributed by atoms with Crippen molar-refractivity contribution in [2.45, 2.75) is 58.5 Å². The summed E-state index contributed by atoms with van der Waals surface area (Å²) in [7, 11) is 0. The summed E-state index contributed by atoms with van der Waals surface area (Å²) in [5.74, 6) is 0.673. The molecule has 2 atom stereocenters. The molecule has 0 aliphatic heterocycles. The molecule has 1 aromatic carbocycles. The fourth-order valence-corrected chi connectivity index (χ4v) is 2.83. The first kappa shape index (κ1) is 15.7. The Morgan fingerprint density at radius 3 is 2.67 bits per heavy atom. The van der Waals surface area contributed by atoms with E-state index < -0.39 is 0 Å².